The number of nitrogens with one attached hydrogen (secondary N) is 1. The van der Waals surface area contributed by atoms with Gasteiger partial charge in [0, 0.05) is 25.9 Å². The lowest BCUT2D eigenvalue weighted by atomic mass is 10.2. The molecule has 4 heteroatoms. The van der Waals surface area contributed by atoms with Gasteiger partial charge in [-0.2, -0.15) is 0 Å². The highest BCUT2D eigenvalue weighted by Gasteiger charge is 2.14. The van der Waals surface area contributed by atoms with Crippen LogP contribution >= 0.6 is 0 Å². The highest BCUT2D eigenvalue weighted by Crippen LogP contribution is 2.17. The van der Waals surface area contributed by atoms with E-state index in [4.69, 9.17) is 4.74 Å². The molecular weight excluding hydrogens is 250 g/mol. The van der Waals surface area contributed by atoms with Crippen molar-refractivity contribution in [2.75, 3.05) is 13.2 Å². The third-order valence-electron chi connectivity index (χ3n) is 3.29. The zero-order valence-electron chi connectivity index (χ0n) is 12.5. The van der Waals surface area contributed by atoms with Gasteiger partial charge in [0.25, 0.3) is 0 Å². The Morgan fingerprint density at radius 3 is 2.90 bits per heavy atom. The number of benzene rings is 1. The van der Waals surface area contributed by atoms with E-state index in [0.29, 0.717) is 6.61 Å². The van der Waals surface area contributed by atoms with Crippen LogP contribution in [0.5, 0.6) is 5.75 Å². The number of nitrogens with zero attached hydrogens (tertiary/aromatic N) is 2. The molecule has 0 fully saturated rings. The van der Waals surface area contributed by atoms with Crippen molar-refractivity contribution in [2.24, 2.45) is 7.05 Å². The van der Waals surface area contributed by atoms with Gasteiger partial charge in [-0.15, -0.1) is 0 Å². The van der Waals surface area contributed by atoms with E-state index in [1.54, 1.807) is 0 Å². The zero-order valence-corrected chi connectivity index (χ0v) is 12.5. The fraction of sp³-hybridized carbons (Fsp3) is 0.438. The van der Waals surface area contributed by atoms with Crippen LogP contribution in [0.1, 0.15) is 30.8 Å². The Bertz CT molecular complexity index is 536. The quantitative estimate of drug-likeness (QED) is 0.843. The van der Waals surface area contributed by atoms with E-state index in [1.807, 2.05) is 31.6 Å². The molecule has 0 aliphatic rings. The van der Waals surface area contributed by atoms with Crippen LogP contribution in [0, 0.1) is 6.92 Å². The summed E-state index contributed by atoms with van der Waals surface area (Å²) in [4.78, 5) is 4.42. The Hall–Kier alpha value is -1.81. The number of hydrogen-bond donors (Lipinski definition) is 1. The molecule has 1 aromatic heterocycles. The van der Waals surface area contributed by atoms with Crippen LogP contribution in [0.2, 0.25) is 0 Å². The number of ether oxygens (including phenoxy) is 1. The van der Waals surface area contributed by atoms with Gasteiger partial charge in [0.05, 0.1) is 12.6 Å². The number of hydrogen-bond acceptors (Lipinski definition) is 3. The maximum atomic E-state index is 5.82. The number of imidazole rings is 1. The molecule has 1 N–H and O–H groups in total. The molecule has 4 nitrogen and oxygen atoms in total. The Morgan fingerprint density at radius 1 is 1.40 bits per heavy atom. The summed E-state index contributed by atoms with van der Waals surface area (Å²) < 4.78 is 7.88. The van der Waals surface area contributed by atoms with Gasteiger partial charge in [-0.1, -0.05) is 19.1 Å². The van der Waals surface area contributed by atoms with E-state index in [0.717, 1.165) is 24.5 Å². The standard InChI is InChI=1S/C16H23N3O/c1-4-17-15(16-18-9-10-19(16)3)8-11-20-14-7-5-6-13(2)12-14/h5-7,9-10,12,15,17H,4,8,11H2,1-3H3. The van der Waals surface area contributed by atoms with Crippen molar-refractivity contribution >= 4 is 0 Å². The monoisotopic (exact) mass is 273 g/mol. The Balaban J connectivity index is 1.91. The SMILES string of the molecule is CCNC(CCOc1cccc(C)c1)c1nccn1C. The van der Waals surface area contributed by atoms with Gasteiger partial charge in [-0.05, 0) is 31.2 Å². The van der Waals surface area contributed by atoms with Crippen LogP contribution < -0.4 is 10.1 Å². The van der Waals surface area contributed by atoms with Crippen molar-refractivity contribution in [3.05, 3.63) is 48.0 Å². The Labute approximate surface area is 120 Å². The van der Waals surface area contributed by atoms with Crippen LogP contribution in [-0.2, 0) is 7.05 Å². The van der Waals surface area contributed by atoms with E-state index >= 15 is 0 Å². The fourth-order valence-electron chi connectivity index (χ4n) is 2.28. The van der Waals surface area contributed by atoms with Crippen molar-refractivity contribution in [1.82, 2.24) is 14.9 Å². The maximum Gasteiger partial charge on any atom is 0.125 e. The van der Waals surface area contributed by atoms with Gasteiger partial charge in [0.2, 0.25) is 0 Å². The largest absolute Gasteiger partial charge is 0.494 e. The van der Waals surface area contributed by atoms with Crippen molar-refractivity contribution in [3.63, 3.8) is 0 Å². The maximum absolute atomic E-state index is 5.82. The van der Waals surface area contributed by atoms with Gasteiger partial charge in [-0.25, -0.2) is 4.98 Å². The van der Waals surface area contributed by atoms with Crippen LogP contribution in [0.3, 0.4) is 0 Å². The van der Waals surface area contributed by atoms with Crippen LogP contribution in [0.15, 0.2) is 36.7 Å². The molecule has 2 rings (SSSR count). The highest BCUT2D eigenvalue weighted by atomic mass is 16.5. The van der Waals surface area contributed by atoms with Crippen molar-refractivity contribution in [1.29, 1.82) is 0 Å². The first kappa shape index (κ1) is 14.6. The second-order valence-electron chi connectivity index (χ2n) is 4.96. The van der Waals surface area contributed by atoms with Crippen molar-refractivity contribution in [3.8, 4) is 5.75 Å². The summed E-state index contributed by atoms with van der Waals surface area (Å²) in [6.07, 6.45) is 4.70. The normalized spacial score (nSPS) is 12.3. The molecule has 0 bridgehead atoms. The van der Waals surface area contributed by atoms with E-state index in [1.165, 1.54) is 5.56 Å². The second kappa shape index (κ2) is 7.10. The van der Waals surface area contributed by atoms with Gasteiger partial charge in [0.15, 0.2) is 0 Å². The molecule has 0 amide bonds. The summed E-state index contributed by atoms with van der Waals surface area (Å²) >= 11 is 0. The van der Waals surface area contributed by atoms with Crippen LogP contribution in [-0.4, -0.2) is 22.7 Å². The lowest BCUT2D eigenvalue weighted by Gasteiger charge is -2.18. The molecule has 108 valence electrons. The minimum Gasteiger partial charge on any atom is -0.494 e. The molecular formula is C16H23N3O. The minimum atomic E-state index is 0.227. The molecule has 20 heavy (non-hydrogen) atoms. The second-order valence-corrected chi connectivity index (χ2v) is 4.96. The minimum absolute atomic E-state index is 0.227. The van der Waals surface area contributed by atoms with E-state index in [9.17, 15) is 0 Å². The summed E-state index contributed by atoms with van der Waals surface area (Å²) in [6.45, 7) is 5.77. The smallest absolute Gasteiger partial charge is 0.125 e. The molecule has 0 radical (unpaired) electrons. The molecule has 0 aliphatic heterocycles. The lowest BCUT2D eigenvalue weighted by molar-refractivity contribution is 0.283. The Morgan fingerprint density at radius 2 is 2.25 bits per heavy atom. The molecule has 0 saturated heterocycles. The summed E-state index contributed by atoms with van der Waals surface area (Å²) in [6, 6.07) is 8.37. The predicted molar refractivity (Wildman–Crippen MR) is 80.9 cm³/mol. The van der Waals surface area contributed by atoms with E-state index in [2.05, 4.69) is 40.8 Å². The fourth-order valence-corrected chi connectivity index (χ4v) is 2.28. The van der Waals surface area contributed by atoms with Gasteiger partial charge in [-0.3, -0.25) is 0 Å². The summed E-state index contributed by atoms with van der Waals surface area (Å²) in [5.74, 6) is 1.99. The molecule has 1 atom stereocenters. The molecule has 1 aromatic carbocycles. The first-order valence-corrected chi connectivity index (χ1v) is 7.10. The molecule has 0 aliphatic carbocycles. The third kappa shape index (κ3) is 3.84. The average Bonchev–Trinajstić information content (AvgIpc) is 2.84. The Kier molecular flexibility index (Phi) is 5.18. The summed E-state index contributed by atoms with van der Waals surface area (Å²) in [5, 5.41) is 3.46. The van der Waals surface area contributed by atoms with E-state index in [-0.39, 0.29) is 6.04 Å². The predicted octanol–water partition coefficient (Wildman–Crippen LogP) is 2.85. The van der Waals surface area contributed by atoms with Crippen molar-refractivity contribution < 1.29 is 4.74 Å². The first-order valence-electron chi connectivity index (χ1n) is 7.10. The zero-order chi connectivity index (χ0) is 14.4. The number of aryl methyl sites for hydroxylation is 2. The molecule has 0 saturated carbocycles. The number of aromatic nitrogens is 2. The highest BCUT2D eigenvalue weighted by molar-refractivity contribution is 5.27. The summed E-state index contributed by atoms with van der Waals surface area (Å²) in [5.41, 5.74) is 1.22. The first-order chi connectivity index (χ1) is 9.70. The molecule has 1 unspecified atom stereocenters. The van der Waals surface area contributed by atoms with Gasteiger partial charge < -0.3 is 14.6 Å². The van der Waals surface area contributed by atoms with E-state index < -0.39 is 0 Å². The molecule has 1 heterocycles. The molecule has 2 aromatic rings. The van der Waals surface area contributed by atoms with Crippen LogP contribution in [0.4, 0.5) is 0 Å². The lowest BCUT2D eigenvalue weighted by Crippen LogP contribution is -2.25. The summed E-state index contributed by atoms with van der Waals surface area (Å²) in [7, 11) is 2.02. The van der Waals surface area contributed by atoms with Gasteiger partial charge >= 0.3 is 0 Å². The number of rotatable bonds is 7. The molecule has 0 spiro atoms. The van der Waals surface area contributed by atoms with Crippen molar-refractivity contribution in [2.45, 2.75) is 26.3 Å². The van der Waals surface area contributed by atoms with Gasteiger partial charge in [0.1, 0.15) is 11.6 Å². The van der Waals surface area contributed by atoms with Crippen LogP contribution in [0.25, 0.3) is 0 Å². The average molecular weight is 273 g/mol. The topological polar surface area (TPSA) is 39.1 Å². The third-order valence-corrected chi connectivity index (χ3v) is 3.29.